The molecule has 356 valence electrons. The maximum Gasteiger partial charge on any atom is 0.501 e. The lowest BCUT2D eigenvalue weighted by Gasteiger charge is -2.37. The highest BCUT2D eigenvalue weighted by molar-refractivity contribution is 6.61. The predicted molar refractivity (Wildman–Crippen MR) is 250 cm³/mol. The first-order valence-corrected chi connectivity index (χ1v) is 27.6. The normalized spacial score (nSPS) is 14.3. The van der Waals surface area contributed by atoms with Crippen molar-refractivity contribution in [3.05, 3.63) is 48.5 Å². The van der Waals surface area contributed by atoms with Crippen molar-refractivity contribution in [3.63, 3.8) is 0 Å². The van der Waals surface area contributed by atoms with Gasteiger partial charge in [-0.05, 0) is 103 Å². The van der Waals surface area contributed by atoms with Crippen molar-refractivity contribution >= 4 is 17.6 Å². The van der Waals surface area contributed by atoms with Gasteiger partial charge < -0.3 is 55.0 Å². The van der Waals surface area contributed by atoms with Crippen molar-refractivity contribution in [3.8, 4) is 22.6 Å². The second-order valence-electron chi connectivity index (χ2n) is 16.8. The molecule has 0 spiro atoms. The summed E-state index contributed by atoms with van der Waals surface area (Å²) in [5, 5.41) is 0. The summed E-state index contributed by atoms with van der Waals surface area (Å²) in [7, 11) is -5.41. The van der Waals surface area contributed by atoms with Crippen LogP contribution in [-0.4, -0.2) is 123 Å². The van der Waals surface area contributed by atoms with E-state index in [1.807, 2.05) is 53.7 Å². The lowest BCUT2D eigenvalue weighted by molar-refractivity contribution is -0.120. The van der Waals surface area contributed by atoms with Crippen LogP contribution in [-0.2, 0) is 45.5 Å². The first-order valence-electron chi connectivity index (χ1n) is 23.7. The molecule has 2 aromatic carbocycles. The minimum atomic E-state index is -2.70. The number of hydrogen-bond acceptors (Lipinski definition) is 12. The van der Waals surface area contributed by atoms with E-state index in [9.17, 15) is 0 Å². The average molecular weight is 909 g/mol. The maximum absolute atomic E-state index is 6.28. The Hall–Kier alpha value is -1.93. The SMILES string of the molecule is CCO[Si](CCCOCC(C)(COCCCCCCCCOc1ccc(-c2ccc(OCC3(C)COC3)cc2)cc1)COCCC[Si](OCC)(OCC)OCC)(OCC)OCC. The van der Waals surface area contributed by atoms with Gasteiger partial charge in [-0.25, -0.2) is 0 Å². The first-order chi connectivity index (χ1) is 30.1. The van der Waals surface area contributed by atoms with Crippen molar-refractivity contribution in [1.29, 1.82) is 0 Å². The highest BCUT2D eigenvalue weighted by Gasteiger charge is 2.41. The Labute approximate surface area is 377 Å². The summed E-state index contributed by atoms with van der Waals surface area (Å²) in [5.74, 6) is 1.80. The largest absolute Gasteiger partial charge is 0.501 e. The molecule has 2 aromatic rings. The Balaban J connectivity index is 1.33. The molecular formula is C48H84O12Si2. The quantitative estimate of drug-likeness (QED) is 0.0469. The highest BCUT2D eigenvalue weighted by atomic mass is 28.4. The van der Waals surface area contributed by atoms with E-state index in [4.69, 9.17) is 55.0 Å². The fraction of sp³-hybridized carbons (Fsp3) is 0.750. The average Bonchev–Trinajstić information content (AvgIpc) is 3.25. The molecule has 62 heavy (non-hydrogen) atoms. The zero-order chi connectivity index (χ0) is 44.8. The monoisotopic (exact) mass is 909 g/mol. The van der Waals surface area contributed by atoms with E-state index in [0.29, 0.717) is 79.3 Å². The van der Waals surface area contributed by atoms with Gasteiger partial charge in [0.05, 0.1) is 46.2 Å². The van der Waals surface area contributed by atoms with E-state index in [1.54, 1.807) is 0 Å². The van der Waals surface area contributed by atoms with Gasteiger partial charge in [-0.15, -0.1) is 0 Å². The summed E-state index contributed by atoms with van der Waals surface area (Å²) >= 11 is 0. The van der Waals surface area contributed by atoms with Gasteiger partial charge in [0.15, 0.2) is 0 Å². The standard InChI is InChI=1S/C48H84O12Si2/c1-9-55-61(56-10-2,57-11-3)35-21-32-50-38-47(7,39-51-33-22-36-62(58-12-4,59-13-5)60-14-6)37-49-31-19-17-15-16-18-20-34-53-45-27-23-43(24-28-45)44-25-29-46(30-26-44)54-42-48(8)40-52-41-48/h23-30H,9-22,31-42H2,1-8H3. The number of rotatable bonds is 40. The molecule has 0 atom stereocenters. The van der Waals surface area contributed by atoms with E-state index in [0.717, 1.165) is 99.7 Å². The van der Waals surface area contributed by atoms with Gasteiger partial charge in [-0.1, -0.05) is 63.8 Å². The van der Waals surface area contributed by atoms with Crippen LogP contribution in [0.3, 0.4) is 0 Å². The van der Waals surface area contributed by atoms with Crippen LogP contribution in [0.25, 0.3) is 11.1 Å². The molecular weight excluding hydrogens is 825 g/mol. The topological polar surface area (TPSA) is 111 Å². The zero-order valence-corrected chi connectivity index (χ0v) is 41.9. The predicted octanol–water partition coefficient (Wildman–Crippen LogP) is 10.4. The van der Waals surface area contributed by atoms with Crippen LogP contribution in [0.1, 0.15) is 107 Å². The van der Waals surface area contributed by atoms with Gasteiger partial charge in [0.2, 0.25) is 0 Å². The van der Waals surface area contributed by atoms with Crippen LogP contribution >= 0.6 is 0 Å². The fourth-order valence-corrected chi connectivity index (χ4v) is 12.5. The smallest absolute Gasteiger partial charge is 0.494 e. The summed E-state index contributed by atoms with van der Waals surface area (Å²) in [4.78, 5) is 0. The first kappa shape index (κ1) is 54.4. The Bertz CT molecular complexity index is 1330. The van der Waals surface area contributed by atoms with Gasteiger partial charge in [-0.2, -0.15) is 0 Å². The van der Waals surface area contributed by atoms with Crippen molar-refractivity contribution in [2.45, 2.75) is 119 Å². The number of hydrogen-bond donors (Lipinski definition) is 0. The molecule has 1 heterocycles. The molecule has 0 aliphatic carbocycles. The van der Waals surface area contributed by atoms with Gasteiger partial charge in [0.1, 0.15) is 11.5 Å². The molecule has 1 aliphatic heterocycles. The van der Waals surface area contributed by atoms with E-state index in [2.05, 4.69) is 50.2 Å². The van der Waals surface area contributed by atoms with Crippen LogP contribution in [0.5, 0.6) is 11.5 Å². The van der Waals surface area contributed by atoms with E-state index < -0.39 is 17.6 Å². The molecule has 1 fully saturated rings. The Morgan fingerprint density at radius 2 is 0.839 bits per heavy atom. The second-order valence-corrected chi connectivity index (χ2v) is 22.2. The third-order valence-corrected chi connectivity index (χ3v) is 16.9. The Morgan fingerprint density at radius 3 is 1.21 bits per heavy atom. The minimum absolute atomic E-state index is 0.135. The second kappa shape index (κ2) is 31.1. The van der Waals surface area contributed by atoms with Gasteiger partial charge in [0.25, 0.3) is 0 Å². The molecule has 0 bridgehead atoms. The van der Waals surface area contributed by atoms with Crippen LogP contribution < -0.4 is 9.47 Å². The highest BCUT2D eigenvalue weighted by Crippen LogP contribution is 2.30. The minimum Gasteiger partial charge on any atom is -0.494 e. The molecule has 0 unspecified atom stereocenters. The zero-order valence-electron chi connectivity index (χ0n) is 39.9. The van der Waals surface area contributed by atoms with Crippen molar-refractivity contribution in [2.75, 3.05) is 106 Å². The molecule has 1 saturated heterocycles. The van der Waals surface area contributed by atoms with Crippen LogP contribution in [0.15, 0.2) is 48.5 Å². The van der Waals surface area contributed by atoms with E-state index in [-0.39, 0.29) is 10.8 Å². The van der Waals surface area contributed by atoms with E-state index in [1.165, 1.54) is 12.8 Å². The molecule has 1 aliphatic rings. The Kier molecular flexibility index (Phi) is 27.3. The molecule has 0 aromatic heterocycles. The number of ether oxygens (including phenoxy) is 6. The van der Waals surface area contributed by atoms with E-state index >= 15 is 0 Å². The van der Waals surface area contributed by atoms with Crippen LogP contribution in [0.2, 0.25) is 12.1 Å². The Morgan fingerprint density at radius 1 is 0.484 bits per heavy atom. The molecule has 14 heteroatoms. The summed E-state index contributed by atoms with van der Waals surface area (Å²) in [6.45, 7) is 26.2. The van der Waals surface area contributed by atoms with Crippen LogP contribution in [0.4, 0.5) is 0 Å². The van der Waals surface area contributed by atoms with Gasteiger partial charge in [-0.3, -0.25) is 0 Å². The molecule has 0 amide bonds. The van der Waals surface area contributed by atoms with Gasteiger partial charge >= 0.3 is 17.6 Å². The van der Waals surface area contributed by atoms with Crippen molar-refractivity contribution in [2.24, 2.45) is 10.8 Å². The number of unbranched alkanes of at least 4 members (excludes halogenated alkanes) is 5. The summed E-state index contributed by atoms with van der Waals surface area (Å²) < 4.78 is 72.4. The molecule has 0 saturated carbocycles. The molecule has 12 nitrogen and oxygen atoms in total. The molecule has 0 radical (unpaired) electrons. The molecule has 3 rings (SSSR count). The lowest BCUT2D eigenvalue weighted by atomic mass is 9.90. The summed E-state index contributed by atoms with van der Waals surface area (Å²) in [6, 6.07) is 18.1. The third-order valence-electron chi connectivity index (χ3n) is 10.6. The third kappa shape index (κ3) is 20.9. The van der Waals surface area contributed by atoms with Gasteiger partial charge in [0, 0.05) is 82.4 Å². The maximum atomic E-state index is 6.28. The molecule has 0 N–H and O–H groups in total. The summed E-state index contributed by atoms with van der Waals surface area (Å²) in [6.07, 6.45) is 8.34. The van der Waals surface area contributed by atoms with Crippen molar-refractivity contribution in [1.82, 2.24) is 0 Å². The fourth-order valence-electron chi connectivity index (χ4n) is 7.35. The number of benzene rings is 2. The lowest BCUT2D eigenvalue weighted by Crippen LogP contribution is -2.46. The summed E-state index contributed by atoms with van der Waals surface area (Å²) in [5.41, 5.74) is 2.16. The van der Waals surface area contributed by atoms with Crippen molar-refractivity contribution < 1.29 is 55.0 Å². The van der Waals surface area contributed by atoms with Crippen LogP contribution in [0, 0.1) is 10.8 Å².